The predicted octanol–water partition coefficient (Wildman–Crippen LogP) is 4.75. The number of allylic oxidation sites excluding steroid dienone is 1. The van der Waals surface area contributed by atoms with Crippen molar-refractivity contribution in [1.82, 2.24) is 0 Å². The van der Waals surface area contributed by atoms with Gasteiger partial charge in [-0.3, -0.25) is 9.59 Å². The second-order valence-corrected chi connectivity index (χ2v) is 7.28. The highest BCUT2D eigenvalue weighted by molar-refractivity contribution is 5.96. The lowest BCUT2D eigenvalue weighted by atomic mass is 9.68. The van der Waals surface area contributed by atoms with Crippen molar-refractivity contribution in [3.63, 3.8) is 0 Å². The molecule has 0 aromatic heterocycles. The quantitative estimate of drug-likeness (QED) is 0.767. The van der Waals surface area contributed by atoms with Gasteiger partial charge in [0.05, 0.1) is 0 Å². The molecule has 2 N–H and O–H groups in total. The topological polar surface area (TPSA) is 58.2 Å². The van der Waals surface area contributed by atoms with Gasteiger partial charge in [-0.25, -0.2) is 0 Å². The summed E-state index contributed by atoms with van der Waals surface area (Å²) in [5.74, 6) is 0.714. The van der Waals surface area contributed by atoms with E-state index >= 15 is 0 Å². The van der Waals surface area contributed by atoms with Gasteiger partial charge >= 0.3 is 0 Å². The molecule has 0 heterocycles. The lowest BCUT2D eigenvalue weighted by Gasteiger charge is -2.36. The van der Waals surface area contributed by atoms with Crippen LogP contribution in [-0.4, -0.2) is 11.7 Å². The molecule has 2 rings (SSSR count). The van der Waals surface area contributed by atoms with Gasteiger partial charge in [-0.05, 0) is 48.4 Å². The van der Waals surface area contributed by atoms with E-state index in [4.69, 9.17) is 0 Å². The molecule has 1 amide bonds. The Morgan fingerprint density at radius 3 is 2.46 bits per heavy atom. The van der Waals surface area contributed by atoms with Gasteiger partial charge in [0.25, 0.3) is 0 Å². The lowest BCUT2D eigenvalue weighted by Crippen LogP contribution is -2.29. The molecule has 1 aromatic rings. The number of hydrogen-bond donors (Lipinski definition) is 2. The van der Waals surface area contributed by atoms with Gasteiger partial charge in [0.15, 0.2) is 5.78 Å². The Morgan fingerprint density at radius 2 is 1.88 bits per heavy atom. The number of amides is 1. The van der Waals surface area contributed by atoms with Crippen LogP contribution in [0.1, 0.15) is 53.4 Å². The highest BCUT2D eigenvalue weighted by Gasteiger charge is 2.33. The van der Waals surface area contributed by atoms with Crippen LogP contribution in [0.15, 0.2) is 36.0 Å². The van der Waals surface area contributed by atoms with Crippen molar-refractivity contribution < 1.29 is 9.59 Å². The van der Waals surface area contributed by atoms with Gasteiger partial charge in [-0.1, -0.05) is 27.2 Å². The summed E-state index contributed by atoms with van der Waals surface area (Å²) < 4.78 is 0. The Kier molecular flexibility index (Phi) is 5.81. The third-order valence-corrected chi connectivity index (χ3v) is 5.18. The minimum atomic E-state index is -0.0878. The number of benzene rings is 1. The van der Waals surface area contributed by atoms with Crippen LogP contribution in [0.25, 0.3) is 0 Å². The van der Waals surface area contributed by atoms with Crippen molar-refractivity contribution >= 4 is 23.1 Å². The number of anilines is 2. The van der Waals surface area contributed by atoms with E-state index in [-0.39, 0.29) is 17.1 Å². The van der Waals surface area contributed by atoms with Crippen molar-refractivity contribution in [1.29, 1.82) is 0 Å². The molecule has 0 saturated heterocycles. The number of Topliss-reactive ketones (excluding diaryl/α,β-unsaturated/α-hetero) is 1. The van der Waals surface area contributed by atoms with Crippen molar-refractivity contribution in [3.8, 4) is 0 Å². The van der Waals surface area contributed by atoms with Crippen molar-refractivity contribution in [2.24, 2.45) is 11.3 Å². The van der Waals surface area contributed by atoms with E-state index in [1.165, 1.54) is 6.92 Å². The smallest absolute Gasteiger partial charge is 0.221 e. The first-order chi connectivity index (χ1) is 11.3. The zero-order valence-corrected chi connectivity index (χ0v) is 15.1. The average molecular weight is 328 g/mol. The van der Waals surface area contributed by atoms with E-state index < -0.39 is 0 Å². The Hall–Kier alpha value is -2.10. The number of hydrogen-bond acceptors (Lipinski definition) is 3. The molecule has 1 atom stereocenters. The Bertz CT molecular complexity index is 630. The number of ketones is 1. The minimum Gasteiger partial charge on any atom is -0.361 e. The van der Waals surface area contributed by atoms with E-state index in [1.54, 1.807) is 0 Å². The molecule has 1 saturated carbocycles. The molecule has 24 heavy (non-hydrogen) atoms. The summed E-state index contributed by atoms with van der Waals surface area (Å²) in [6, 6.07) is 7.47. The Labute approximate surface area is 144 Å². The molecule has 130 valence electrons. The second kappa shape index (κ2) is 7.65. The first kappa shape index (κ1) is 18.2. The van der Waals surface area contributed by atoms with Gasteiger partial charge in [-0.2, -0.15) is 0 Å². The average Bonchev–Trinajstić information content (AvgIpc) is 2.54. The minimum absolute atomic E-state index is 0.0878. The maximum atomic E-state index is 12.2. The van der Waals surface area contributed by atoms with Crippen LogP contribution in [-0.2, 0) is 9.59 Å². The zero-order chi connectivity index (χ0) is 17.7. The van der Waals surface area contributed by atoms with Gasteiger partial charge < -0.3 is 10.6 Å². The molecule has 4 heteroatoms. The highest BCUT2D eigenvalue weighted by Crippen LogP contribution is 2.41. The Morgan fingerprint density at radius 1 is 1.25 bits per heavy atom. The van der Waals surface area contributed by atoms with Crippen LogP contribution < -0.4 is 10.6 Å². The molecule has 1 fully saturated rings. The van der Waals surface area contributed by atoms with Crippen LogP contribution in [0.5, 0.6) is 0 Å². The number of carbonyl (C=O) groups excluding carboxylic acids is 2. The molecule has 0 bridgehead atoms. The lowest BCUT2D eigenvalue weighted by molar-refractivity contribution is -0.117. The normalized spacial score (nSPS) is 20.1. The largest absolute Gasteiger partial charge is 0.361 e. The van der Waals surface area contributed by atoms with Gasteiger partial charge in [0.2, 0.25) is 5.91 Å². The van der Waals surface area contributed by atoms with Gasteiger partial charge in [-0.15, -0.1) is 0 Å². The van der Waals surface area contributed by atoms with Crippen molar-refractivity contribution in [2.45, 2.75) is 53.4 Å². The van der Waals surface area contributed by atoms with E-state index in [1.807, 2.05) is 30.5 Å². The SMILES string of the molecule is CCC(C)(C)[C@H]1CCC(=O)/C(=C/Nc2ccc(NC(C)=O)cc2)C1. The highest BCUT2D eigenvalue weighted by atomic mass is 16.1. The first-order valence-corrected chi connectivity index (χ1v) is 8.68. The standard InChI is InChI=1S/C20H28N2O2/c1-5-20(3,4)16-6-11-19(24)15(12-16)13-21-17-7-9-18(10-8-17)22-14(2)23/h7-10,13,16,21H,5-6,11-12H2,1-4H3,(H,22,23)/b15-13+/t16-/m0/s1. The van der Waals surface area contributed by atoms with Crippen LogP contribution in [0, 0.1) is 11.3 Å². The molecular formula is C20H28N2O2. The number of rotatable bonds is 5. The fourth-order valence-corrected chi connectivity index (χ4v) is 3.07. The summed E-state index contributed by atoms with van der Waals surface area (Å²) in [5, 5.41) is 5.96. The third kappa shape index (κ3) is 4.70. The summed E-state index contributed by atoms with van der Waals surface area (Å²) in [6.45, 7) is 8.28. The molecule has 0 radical (unpaired) electrons. The second-order valence-electron chi connectivity index (χ2n) is 7.28. The molecule has 0 unspecified atom stereocenters. The molecule has 0 spiro atoms. The van der Waals surface area contributed by atoms with Crippen molar-refractivity contribution in [2.75, 3.05) is 10.6 Å². The summed E-state index contributed by atoms with van der Waals surface area (Å²) >= 11 is 0. The number of nitrogens with one attached hydrogen (secondary N) is 2. The molecule has 1 aliphatic rings. The number of carbonyl (C=O) groups is 2. The van der Waals surface area contributed by atoms with E-state index in [9.17, 15) is 9.59 Å². The Balaban J connectivity index is 2.04. The van der Waals surface area contributed by atoms with Gasteiger partial charge in [0.1, 0.15) is 0 Å². The van der Waals surface area contributed by atoms with Crippen molar-refractivity contribution in [3.05, 3.63) is 36.0 Å². The molecule has 0 aliphatic heterocycles. The predicted molar refractivity (Wildman–Crippen MR) is 98.9 cm³/mol. The molecule has 4 nitrogen and oxygen atoms in total. The van der Waals surface area contributed by atoms with Crippen LogP contribution in [0.4, 0.5) is 11.4 Å². The summed E-state index contributed by atoms with van der Waals surface area (Å²) in [7, 11) is 0. The van der Waals surface area contributed by atoms with Crippen LogP contribution in [0.3, 0.4) is 0 Å². The first-order valence-electron chi connectivity index (χ1n) is 8.68. The van der Waals surface area contributed by atoms with Crippen LogP contribution in [0.2, 0.25) is 0 Å². The fraction of sp³-hybridized carbons (Fsp3) is 0.500. The van der Waals surface area contributed by atoms with E-state index in [0.717, 1.165) is 36.2 Å². The van der Waals surface area contributed by atoms with E-state index in [2.05, 4.69) is 31.4 Å². The summed E-state index contributed by atoms with van der Waals surface area (Å²) in [6.07, 6.45) is 5.45. The maximum absolute atomic E-state index is 12.2. The zero-order valence-electron chi connectivity index (χ0n) is 15.1. The van der Waals surface area contributed by atoms with Gasteiger partial charge in [0, 0.05) is 36.5 Å². The maximum Gasteiger partial charge on any atom is 0.221 e. The fourth-order valence-electron chi connectivity index (χ4n) is 3.07. The summed E-state index contributed by atoms with van der Waals surface area (Å²) in [5.41, 5.74) is 2.82. The molecular weight excluding hydrogens is 300 g/mol. The monoisotopic (exact) mass is 328 g/mol. The molecule has 1 aliphatic carbocycles. The molecule has 1 aromatic carbocycles. The van der Waals surface area contributed by atoms with E-state index in [0.29, 0.717) is 12.3 Å². The third-order valence-electron chi connectivity index (χ3n) is 5.18. The van der Waals surface area contributed by atoms with Crippen LogP contribution >= 0.6 is 0 Å². The summed E-state index contributed by atoms with van der Waals surface area (Å²) in [4.78, 5) is 23.2.